The molecule has 1 atom stereocenters. The molecule has 0 unspecified atom stereocenters. The summed E-state index contributed by atoms with van der Waals surface area (Å²) in [5.74, 6) is 0.193. The SMILES string of the molecule is C[C@H](CC(=O)NNc1ccccc1)c1ccccc1. The summed E-state index contributed by atoms with van der Waals surface area (Å²) in [6.07, 6.45) is 0.462. The highest BCUT2D eigenvalue weighted by Gasteiger charge is 2.10. The quantitative estimate of drug-likeness (QED) is 0.804. The van der Waals surface area contributed by atoms with Crippen molar-refractivity contribution in [3.05, 3.63) is 66.2 Å². The second kappa shape index (κ2) is 6.59. The van der Waals surface area contributed by atoms with Gasteiger partial charge in [-0.3, -0.25) is 15.6 Å². The van der Waals surface area contributed by atoms with Crippen LogP contribution in [0.2, 0.25) is 0 Å². The smallest absolute Gasteiger partial charge is 0.238 e. The Morgan fingerprint density at radius 3 is 2.21 bits per heavy atom. The van der Waals surface area contributed by atoms with Crippen LogP contribution in [0.4, 0.5) is 5.69 Å². The summed E-state index contributed by atoms with van der Waals surface area (Å²) in [7, 11) is 0. The maximum absolute atomic E-state index is 11.8. The van der Waals surface area contributed by atoms with Gasteiger partial charge in [-0.15, -0.1) is 0 Å². The predicted molar refractivity (Wildman–Crippen MR) is 77.7 cm³/mol. The average molecular weight is 254 g/mol. The number of rotatable bonds is 5. The molecule has 0 bridgehead atoms. The largest absolute Gasteiger partial charge is 0.299 e. The lowest BCUT2D eigenvalue weighted by atomic mass is 9.98. The summed E-state index contributed by atoms with van der Waals surface area (Å²) in [6, 6.07) is 19.6. The molecule has 0 aliphatic carbocycles. The molecule has 0 radical (unpaired) electrons. The second-order valence-corrected chi connectivity index (χ2v) is 4.56. The van der Waals surface area contributed by atoms with Gasteiger partial charge in [0.05, 0.1) is 5.69 Å². The van der Waals surface area contributed by atoms with E-state index in [9.17, 15) is 4.79 Å². The fourth-order valence-corrected chi connectivity index (χ4v) is 1.89. The zero-order chi connectivity index (χ0) is 13.5. The van der Waals surface area contributed by atoms with Crippen LogP contribution in [0.5, 0.6) is 0 Å². The van der Waals surface area contributed by atoms with Crippen LogP contribution in [0.3, 0.4) is 0 Å². The highest BCUT2D eigenvalue weighted by Crippen LogP contribution is 2.18. The van der Waals surface area contributed by atoms with Crippen molar-refractivity contribution < 1.29 is 4.79 Å². The third-order valence-corrected chi connectivity index (χ3v) is 2.98. The van der Waals surface area contributed by atoms with Crippen LogP contribution in [-0.2, 0) is 4.79 Å². The molecule has 0 saturated heterocycles. The Balaban J connectivity index is 1.82. The third kappa shape index (κ3) is 4.14. The van der Waals surface area contributed by atoms with E-state index in [2.05, 4.69) is 17.8 Å². The van der Waals surface area contributed by atoms with Crippen LogP contribution in [0.15, 0.2) is 60.7 Å². The van der Waals surface area contributed by atoms with Gasteiger partial charge in [-0.05, 0) is 23.6 Å². The molecule has 2 aromatic carbocycles. The molecule has 2 rings (SSSR count). The van der Waals surface area contributed by atoms with E-state index < -0.39 is 0 Å². The number of benzene rings is 2. The molecule has 3 nitrogen and oxygen atoms in total. The van der Waals surface area contributed by atoms with Crippen molar-refractivity contribution in [1.29, 1.82) is 0 Å². The van der Waals surface area contributed by atoms with Gasteiger partial charge in [0.1, 0.15) is 0 Å². The summed E-state index contributed by atoms with van der Waals surface area (Å²) >= 11 is 0. The molecule has 0 heterocycles. The van der Waals surface area contributed by atoms with Crippen LogP contribution < -0.4 is 10.9 Å². The fraction of sp³-hybridized carbons (Fsp3) is 0.188. The number of hydrazine groups is 1. The van der Waals surface area contributed by atoms with Gasteiger partial charge in [0.15, 0.2) is 0 Å². The number of carbonyl (C=O) groups excluding carboxylic acids is 1. The number of nitrogens with one attached hydrogen (secondary N) is 2. The number of carbonyl (C=O) groups is 1. The molecule has 0 aromatic heterocycles. The van der Waals surface area contributed by atoms with E-state index in [0.717, 1.165) is 5.69 Å². The topological polar surface area (TPSA) is 41.1 Å². The molecule has 98 valence electrons. The van der Waals surface area contributed by atoms with Crippen LogP contribution in [0.25, 0.3) is 0 Å². The number of para-hydroxylation sites is 1. The summed E-state index contributed by atoms with van der Waals surface area (Å²) in [6.45, 7) is 2.05. The number of hydrogen-bond donors (Lipinski definition) is 2. The van der Waals surface area contributed by atoms with Crippen molar-refractivity contribution >= 4 is 11.6 Å². The monoisotopic (exact) mass is 254 g/mol. The lowest BCUT2D eigenvalue weighted by Gasteiger charge is -2.13. The zero-order valence-electron chi connectivity index (χ0n) is 11.0. The van der Waals surface area contributed by atoms with Crippen LogP contribution in [0, 0.1) is 0 Å². The first-order chi connectivity index (χ1) is 9.25. The Bertz CT molecular complexity index is 511. The Morgan fingerprint density at radius 2 is 1.58 bits per heavy atom. The number of amides is 1. The van der Waals surface area contributed by atoms with E-state index in [1.54, 1.807) is 0 Å². The molecule has 0 saturated carbocycles. The molecule has 2 N–H and O–H groups in total. The minimum atomic E-state index is -0.0137. The van der Waals surface area contributed by atoms with Gasteiger partial charge in [-0.1, -0.05) is 55.5 Å². The van der Waals surface area contributed by atoms with Crippen LogP contribution in [-0.4, -0.2) is 5.91 Å². The predicted octanol–water partition coefficient (Wildman–Crippen LogP) is 3.32. The molecule has 0 spiro atoms. The van der Waals surface area contributed by atoms with E-state index in [0.29, 0.717) is 6.42 Å². The van der Waals surface area contributed by atoms with Crippen molar-refractivity contribution in [2.45, 2.75) is 19.3 Å². The first-order valence-electron chi connectivity index (χ1n) is 6.40. The van der Waals surface area contributed by atoms with Crippen molar-refractivity contribution in [2.75, 3.05) is 5.43 Å². The van der Waals surface area contributed by atoms with E-state index in [-0.39, 0.29) is 11.8 Å². The Kier molecular flexibility index (Phi) is 4.56. The Hall–Kier alpha value is -2.29. The van der Waals surface area contributed by atoms with Gasteiger partial charge < -0.3 is 0 Å². The average Bonchev–Trinajstić information content (AvgIpc) is 2.47. The normalized spacial score (nSPS) is 11.6. The minimum absolute atomic E-state index is 0.0137. The molecule has 1 amide bonds. The maximum atomic E-state index is 11.8. The van der Waals surface area contributed by atoms with Gasteiger partial charge in [-0.2, -0.15) is 0 Å². The molecule has 3 heteroatoms. The summed E-state index contributed by atoms with van der Waals surface area (Å²) in [5, 5.41) is 0. The van der Waals surface area contributed by atoms with Gasteiger partial charge in [0, 0.05) is 6.42 Å². The van der Waals surface area contributed by atoms with Crippen LogP contribution in [0.1, 0.15) is 24.8 Å². The highest BCUT2D eigenvalue weighted by atomic mass is 16.2. The van der Waals surface area contributed by atoms with Gasteiger partial charge in [0.25, 0.3) is 0 Å². The maximum Gasteiger partial charge on any atom is 0.238 e. The first kappa shape index (κ1) is 13.1. The van der Waals surface area contributed by atoms with Crippen molar-refractivity contribution in [1.82, 2.24) is 5.43 Å². The standard InChI is InChI=1S/C16H18N2O/c1-13(14-8-4-2-5-9-14)12-16(19)18-17-15-10-6-3-7-11-15/h2-11,13,17H,12H2,1H3,(H,18,19)/t13-/m1/s1. The number of hydrogen-bond acceptors (Lipinski definition) is 2. The Morgan fingerprint density at radius 1 is 1.00 bits per heavy atom. The fourth-order valence-electron chi connectivity index (χ4n) is 1.89. The molecule has 0 aliphatic rings. The third-order valence-electron chi connectivity index (χ3n) is 2.98. The number of anilines is 1. The van der Waals surface area contributed by atoms with E-state index in [1.807, 2.05) is 60.7 Å². The van der Waals surface area contributed by atoms with E-state index in [4.69, 9.17) is 0 Å². The highest BCUT2D eigenvalue weighted by molar-refractivity contribution is 5.78. The summed E-state index contributed by atoms with van der Waals surface area (Å²) in [5.41, 5.74) is 7.67. The summed E-state index contributed by atoms with van der Waals surface area (Å²) < 4.78 is 0. The molecule has 0 aliphatic heterocycles. The molecular weight excluding hydrogens is 236 g/mol. The van der Waals surface area contributed by atoms with Crippen LogP contribution >= 0.6 is 0 Å². The van der Waals surface area contributed by atoms with E-state index in [1.165, 1.54) is 5.56 Å². The van der Waals surface area contributed by atoms with Crippen molar-refractivity contribution in [3.63, 3.8) is 0 Å². The molecule has 2 aromatic rings. The lowest BCUT2D eigenvalue weighted by molar-refractivity contribution is -0.120. The van der Waals surface area contributed by atoms with Gasteiger partial charge >= 0.3 is 0 Å². The summed E-state index contributed by atoms with van der Waals surface area (Å²) in [4.78, 5) is 11.8. The van der Waals surface area contributed by atoms with E-state index >= 15 is 0 Å². The van der Waals surface area contributed by atoms with Crippen molar-refractivity contribution in [3.8, 4) is 0 Å². The zero-order valence-corrected chi connectivity index (χ0v) is 11.0. The van der Waals surface area contributed by atoms with Gasteiger partial charge in [0.2, 0.25) is 5.91 Å². The molecule has 19 heavy (non-hydrogen) atoms. The second-order valence-electron chi connectivity index (χ2n) is 4.56. The van der Waals surface area contributed by atoms with Gasteiger partial charge in [-0.25, -0.2) is 0 Å². The minimum Gasteiger partial charge on any atom is -0.299 e. The Labute approximate surface area is 113 Å². The van der Waals surface area contributed by atoms with Crippen molar-refractivity contribution in [2.24, 2.45) is 0 Å². The first-order valence-corrected chi connectivity index (χ1v) is 6.40. The lowest BCUT2D eigenvalue weighted by Crippen LogP contribution is -2.30. The molecular formula is C16H18N2O. The molecule has 0 fully saturated rings.